The van der Waals surface area contributed by atoms with E-state index in [1.807, 2.05) is 18.2 Å². The van der Waals surface area contributed by atoms with Gasteiger partial charge in [0.2, 0.25) is 0 Å². The molecule has 0 aliphatic carbocycles. The second kappa shape index (κ2) is 4.66. The molecule has 0 saturated carbocycles. The summed E-state index contributed by atoms with van der Waals surface area (Å²) in [5.41, 5.74) is 6.48. The molecule has 3 nitrogen and oxygen atoms in total. The number of fused-ring (bicyclic) bond motifs is 1. The Kier molecular flexibility index (Phi) is 3.74. The molecule has 0 bridgehead atoms. The summed E-state index contributed by atoms with van der Waals surface area (Å²) in [5, 5.41) is 10.4. The first-order valence-electron chi connectivity index (χ1n) is 4.20. The van der Waals surface area contributed by atoms with Crippen molar-refractivity contribution in [1.29, 1.82) is 0 Å². The number of carbonyl (C=O) groups is 1. The van der Waals surface area contributed by atoms with Crippen LogP contribution in [0.3, 0.4) is 0 Å². The molecule has 0 unspecified atom stereocenters. The number of nitrogen functional groups attached to an aromatic ring is 1. The van der Waals surface area contributed by atoms with Gasteiger partial charge in [-0.05, 0) is 17.5 Å². The van der Waals surface area contributed by atoms with Crippen LogP contribution in [0.1, 0.15) is 10.4 Å². The van der Waals surface area contributed by atoms with E-state index in [0.29, 0.717) is 11.1 Å². The second-order valence-corrected chi connectivity index (χ2v) is 3.06. The van der Waals surface area contributed by atoms with Gasteiger partial charge >= 0.3 is 35.5 Å². The van der Waals surface area contributed by atoms with E-state index < -0.39 is 5.97 Å². The molecule has 72 valence electrons. The van der Waals surface area contributed by atoms with Crippen LogP contribution in [0.15, 0.2) is 36.4 Å². The van der Waals surface area contributed by atoms with Crippen molar-refractivity contribution in [3.8, 4) is 0 Å². The summed E-state index contributed by atoms with van der Waals surface area (Å²) < 4.78 is 0. The maximum atomic E-state index is 10.9. The van der Waals surface area contributed by atoms with Crippen LogP contribution in [-0.2, 0) is 0 Å². The molecule has 0 heterocycles. The summed E-state index contributed by atoms with van der Waals surface area (Å²) in [5.74, 6) is -0.950. The molecule has 2 aromatic rings. The van der Waals surface area contributed by atoms with Gasteiger partial charge in [0.1, 0.15) is 0 Å². The van der Waals surface area contributed by atoms with Crippen LogP contribution in [0.5, 0.6) is 0 Å². The van der Waals surface area contributed by atoms with E-state index in [1.54, 1.807) is 18.2 Å². The fourth-order valence-corrected chi connectivity index (χ4v) is 1.55. The predicted molar refractivity (Wildman–Crippen MR) is 62.5 cm³/mol. The van der Waals surface area contributed by atoms with E-state index in [4.69, 9.17) is 10.8 Å². The van der Waals surface area contributed by atoms with E-state index in [0.717, 1.165) is 5.39 Å². The molecule has 0 saturated heterocycles. The zero-order valence-electron chi connectivity index (χ0n) is 7.40. The Morgan fingerprint density at radius 2 is 1.73 bits per heavy atom. The van der Waals surface area contributed by atoms with Crippen LogP contribution in [0.4, 0.5) is 5.69 Å². The third kappa shape index (κ3) is 2.15. The molecule has 0 spiro atoms. The van der Waals surface area contributed by atoms with Gasteiger partial charge in [-0.25, -0.2) is 4.79 Å². The normalized spacial score (nSPS) is 9.60. The molecule has 2 rings (SSSR count). The number of carboxylic acids is 1. The van der Waals surface area contributed by atoms with Crippen molar-refractivity contribution in [3.63, 3.8) is 0 Å². The van der Waals surface area contributed by atoms with Crippen LogP contribution >= 0.6 is 0 Å². The predicted octanol–water partition coefficient (Wildman–Crippen LogP) is 1.47. The molecule has 3 N–H and O–H groups in total. The first kappa shape index (κ1) is 12.0. The number of rotatable bonds is 1. The maximum absolute atomic E-state index is 10.9. The minimum atomic E-state index is -0.950. The summed E-state index contributed by atoms with van der Waals surface area (Å²) in [6.45, 7) is 0. The molecule has 0 radical (unpaired) electrons. The van der Waals surface area contributed by atoms with E-state index in [2.05, 4.69) is 0 Å². The van der Waals surface area contributed by atoms with E-state index in [-0.39, 0.29) is 35.1 Å². The molecule has 15 heavy (non-hydrogen) atoms. The van der Waals surface area contributed by atoms with Crippen LogP contribution in [0.25, 0.3) is 10.8 Å². The number of nitrogens with two attached hydrogens (primary N) is 1. The van der Waals surface area contributed by atoms with Crippen LogP contribution in [-0.4, -0.2) is 40.6 Å². The molecule has 0 aliphatic heterocycles. The fraction of sp³-hybridized carbons (Fsp3) is 0. The average molecular weight is 211 g/mol. The monoisotopic (exact) mass is 211 g/mol. The number of hydrogen-bond acceptors (Lipinski definition) is 2. The molecule has 4 heteroatoms. The van der Waals surface area contributed by atoms with Crippen molar-refractivity contribution in [1.82, 2.24) is 0 Å². The molecule has 0 amide bonds. The first-order chi connectivity index (χ1) is 6.70. The van der Waals surface area contributed by atoms with Gasteiger partial charge in [0.15, 0.2) is 0 Å². The average Bonchev–Trinajstić information content (AvgIpc) is 2.17. The molecule has 0 atom stereocenters. The third-order valence-corrected chi connectivity index (χ3v) is 2.17. The molecule has 0 aromatic heterocycles. The molecule has 2 aromatic carbocycles. The molecule has 0 aliphatic rings. The quantitative estimate of drug-likeness (QED) is 0.554. The van der Waals surface area contributed by atoms with Gasteiger partial charge in [-0.2, -0.15) is 0 Å². The van der Waals surface area contributed by atoms with Gasteiger partial charge in [-0.1, -0.05) is 24.3 Å². The number of aromatic carboxylic acids is 1. The summed E-state index contributed by atoms with van der Waals surface area (Å²) in [4.78, 5) is 10.9. The van der Waals surface area contributed by atoms with Crippen LogP contribution < -0.4 is 5.73 Å². The van der Waals surface area contributed by atoms with Crippen molar-refractivity contribution >= 4 is 52.0 Å². The van der Waals surface area contributed by atoms with Crippen molar-refractivity contribution in [3.05, 3.63) is 42.0 Å². The molecular weight excluding hydrogens is 201 g/mol. The topological polar surface area (TPSA) is 63.3 Å². The Balaban J connectivity index is 0.00000112. The summed E-state index contributed by atoms with van der Waals surface area (Å²) in [7, 11) is 0. The van der Waals surface area contributed by atoms with Crippen molar-refractivity contribution < 1.29 is 9.90 Å². The number of carboxylic acid groups (broad SMARTS) is 1. The van der Waals surface area contributed by atoms with E-state index >= 15 is 0 Å². The van der Waals surface area contributed by atoms with Crippen molar-refractivity contribution in [2.75, 3.05) is 5.73 Å². The zero-order valence-corrected chi connectivity index (χ0v) is 7.40. The van der Waals surface area contributed by atoms with Crippen LogP contribution in [0.2, 0.25) is 0 Å². The van der Waals surface area contributed by atoms with Crippen LogP contribution in [0, 0.1) is 0 Å². The van der Waals surface area contributed by atoms with Gasteiger partial charge in [-0.3, -0.25) is 0 Å². The molecule has 0 fully saturated rings. The van der Waals surface area contributed by atoms with Gasteiger partial charge in [0, 0.05) is 11.1 Å². The van der Waals surface area contributed by atoms with E-state index in [9.17, 15) is 4.79 Å². The summed E-state index contributed by atoms with van der Waals surface area (Å²) >= 11 is 0. The standard InChI is InChI=1S/C11H9NO2.Na.H/c12-9-6-2-4-7-3-1-5-8(10(7)9)11(13)14;;/h1-6H,12H2,(H,13,14);;. The Morgan fingerprint density at radius 3 is 2.33 bits per heavy atom. The second-order valence-electron chi connectivity index (χ2n) is 3.06. The fourth-order valence-electron chi connectivity index (χ4n) is 1.55. The molecular formula is C11H10NNaO2. The van der Waals surface area contributed by atoms with Gasteiger partial charge in [0.25, 0.3) is 0 Å². The van der Waals surface area contributed by atoms with Crippen molar-refractivity contribution in [2.45, 2.75) is 0 Å². The van der Waals surface area contributed by atoms with Gasteiger partial charge in [-0.15, -0.1) is 0 Å². The Bertz CT molecular complexity index is 506. The Morgan fingerprint density at radius 1 is 1.13 bits per heavy atom. The summed E-state index contributed by atoms with van der Waals surface area (Å²) in [6, 6.07) is 10.5. The van der Waals surface area contributed by atoms with Gasteiger partial charge < -0.3 is 10.8 Å². The number of hydrogen-bond donors (Lipinski definition) is 2. The zero-order chi connectivity index (χ0) is 10.1. The summed E-state index contributed by atoms with van der Waals surface area (Å²) in [6.07, 6.45) is 0. The Labute approximate surface area is 109 Å². The Hall–Kier alpha value is -1.03. The number of anilines is 1. The SMILES string of the molecule is Nc1cccc2cccc(C(=O)O)c12.[NaH]. The first-order valence-corrected chi connectivity index (χ1v) is 4.20. The minimum absolute atomic E-state index is 0. The van der Waals surface area contributed by atoms with Crippen molar-refractivity contribution in [2.24, 2.45) is 0 Å². The number of benzene rings is 2. The van der Waals surface area contributed by atoms with Gasteiger partial charge in [0.05, 0.1) is 5.56 Å². The third-order valence-electron chi connectivity index (χ3n) is 2.17. The van der Waals surface area contributed by atoms with E-state index in [1.165, 1.54) is 0 Å².